The molecule has 1 aromatic heterocycles. The normalized spacial score (nSPS) is 10.9. The number of imidazole rings is 1. The predicted octanol–water partition coefficient (Wildman–Crippen LogP) is 3.65. The van der Waals surface area contributed by atoms with Gasteiger partial charge in [0.1, 0.15) is 0 Å². The van der Waals surface area contributed by atoms with Crippen molar-refractivity contribution in [2.45, 2.75) is 19.9 Å². The molecular weight excluding hydrogens is 220 g/mol. The van der Waals surface area contributed by atoms with Crippen molar-refractivity contribution in [2.24, 2.45) is 0 Å². The van der Waals surface area contributed by atoms with Crippen molar-refractivity contribution in [3.63, 3.8) is 0 Å². The summed E-state index contributed by atoms with van der Waals surface area (Å²) >= 11 is 0. The Bertz CT molecular complexity index is 650. The van der Waals surface area contributed by atoms with Crippen LogP contribution in [0.1, 0.15) is 18.1 Å². The fourth-order valence-electron chi connectivity index (χ4n) is 2.21. The molecular formula is C16H16N2. The van der Waals surface area contributed by atoms with Crippen LogP contribution in [0.3, 0.4) is 0 Å². The lowest BCUT2D eigenvalue weighted by Gasteiger charge is -2.05. The molecule has 1 heterocycles. The molecule has 0 bridgehead atoms. The average molecular weight is 236 g/mol. The third kappa shape index (κ3) is 2.02. The van der Waals surface area contributed by atoms with E-state index in [0.717, 1.165) is 18.5 Å². The van der Waals surface area contributed by atoms with Gasteiger partial charge in [0.25, 0.3) is 0 Å². The van der Waals surface area contributed by atoms with Gasteiger partial charge in [-0.15, -0.1) is 0 Å². The number of hydrogen-bond acceptors (Lipinski definition) is 1. The van der Waals surface area contributed by atoms with Gasteiger partial charge in [0.15, 0.2) is 0 Å². The van der Waals surface area contributed by atoms with Crippen molar-refractivity contribution in [3.8, 4) is 0 Å². The Labute approximate surface area is 107 Å². The van der Waals surface area contributed by atoms with Gasteiger partial charge in [-0.2, -0.15) is 0 Å². The van der Waals surface area contributed by atoms with Crippen molar-refractivity contribution >= 4 is 11.0 Å². The van der Waals surface area contributed by atoms with E-state index in [-0.39, 0.29) is 0 Å². The zero-order chi connectivity index (χ0) is 12.4. The van der Waals surface area contributed by atoms with Crippen molar-refractivity contribution in [1.29, 1.82) is 0 Å². The Hall–Kier alpha value is -2.09. The first-order valence-corrected chi connectivity index (χ1v) is 6.34. The minimum absolute atomic E-state index is 0.879. The third-order valence-electron chi connectivity index (χ3n) is 3.31. The molecule has 0 aliphatic heterocycles. The molecule has 0 amide bonds. The van der Waals surface area contributed by atoms with Crippen molar-refractivity contribution in [1.82, 2.24) is 9.55 Å². The van der Waals surface area contributed by atoms with E-state index in [1.165, 1.54) is 16.6 Å². The van der Waals surface area contributed by atoms with Gasteiger partial charge in [-0.05, 0) is 29.7 Å². The van der Waals surface area contributed by atoms with Crippen LogP contribution in [0.5, 0.6) is 0 Å². The summed E-state index contributed by atoms with van der Waals surface area (Å²) < 4.78 is 2.19. The van der Waals surface area contributed by atoms with Crippen LogP contribution in [0.4, 0.5) is 0 Å². The largest absolute Gasteiger partial charge is 0.326 e. The lowest BCUT2D eigenvalue weighted by Crippen LogP contribution is -1.97. The molecule has 0 fully saturated rings. The summed E-state index contributed by atoms with van der Waals surface area (Å²) in [5.74, 6) is 0. The number of aryl methyl sites for hydroxylation is 1. The summed E-state index contributed by atoms with van der Waals surface area (Å²) in [4.78, 5) is 4.41. The van der Waals surface area contributed by atoms with Crippen LogP contribution in [0.15, 0.2) is 54.9 Å². The fraction of sp³-hybridized carbons (Fsp3) is 0.188. The van der Waals surface area contributed by atoms with E-state index in [1.54, 1.807) is 0 Å². The van der Waals surface area contributed by atoms with E-state index in [4.69, 9.17) is 0 Å². The fourth-order valence-corrected chi connectivity index (χ4v) is 2.21. The molecule has 2 aromatic carbocycles. The van der Waals surface area contributed by atoms with Gasteiger partial charge in [0.2, 0.25) is 0 Å². The van der Waals surface area contributed by atoms with E-state index in [2.05, 4.69) is 52.9 Å². The Morgan fingerprint density at radius 3 is 2.44 bits per heavy atom. The zero-order valence-electron chi connectivity index (χ0n) is 10.5. The average Bonchev–Trinajstić information content (AvgIpc) is 2.83. The summed E-state index contributed by atoms with van der Waals surface area (Å²) in [6.45, 7) is 3.06. The molecule has 0 saturated carbocycles. The van der Waals surface area contributed by atoms with Crippen LogP contribution in [-0.4, -0.2) is 9.55 Å². The van der Waals surface area contributed by atoms with Crippen LogP contribution in [0, 0.1) is 0 Å². The Morgan fingerprint density at radius 1 is 0.944 bits per heavy atom. The van der Waals surface area contributed by atoms with E-state index in [1.807, 2.05) is 18.5 Å². The summed E-state index contributed by atoms with van der Waals surface area (Å²) in [5, 5.41) is 0. The second kappa shape index (κ2) is 4.65. The summed E-state index contributed by atoms with van der Waals surface area (Å²) in [5.41, 5.74) is 4.95. The second-order valence-electron chi connectivity index (χ2n) is 4.53. The molecule has 2 heteroatoms. The molecule has 0 N–H and O–H groups in total. The van der Waals surface area contributed by atoms with E-state index in [0.29, 0.717) is 0 Å². The minimum atomic E-state index is 0.879. The van der Waals surface area contributed by atoms with Crippen molar-refractivity contribution < 1.29 is 0 Å². The van der Waals surface area contributed by atoms with Gasteiger partial charge >= 0.3 is 0 Å². The van der Waals surface area contributed by atoms with Crippen LogP contribution in [0.25, 0.3) is 11.0 Å². The molecule has 18 heavy (non-hydrogen) atoms. The van der Waals surface area contributed by atoms with E-state index < -0.39 is 0 Å². The second-order valence-corrected chi connectivity index (χ2v) is 4.53. The number of benzene rings is 2. The van der Waals surface area contributed by atoms with Crippen LogP contribution in [-0.2, 0) is 13.0 Å². The highest BCUT2D eigenvalue weighted by molar-refractivity contribution is 5.75. The smallest absolute Gasteiger partial charge is 0.0961 e. The Balaban J connectivity index is 1.91. The molecule has 0 aliphatic carbocycles. The van der Waals surface area contributed by atoms with Crippen molar-refractivity contribution in [2.75, 3.05) is 0 Å². The highest BCUT2D eigenvalue weighted by atomic mass is 15.0. The maximum Gasteiger partial charge on any atom is 0.0961 e. The van der Waals surface area contributed by atoms with Gasteiger partial charge < -0.3 is 4.57 Å². The minimum Gasteiger partial charge on any atom is -0.326 e. The number of nitrogens with zero attached hydrogens (tertiary/aromatic N) is 2. The number of aromatic nitrogens is 2. The first-order chi connectivity index (χ1) is 8.86. The Morgan fingerprint density at radius 2 is 1.67 bits per heavy atom. The van der Waals surface area contributed by atoms with Gasteiger partial charge in [-0.1, -0.05) is 43.3 Å². The molecule has 2 nitrogen and oxygen atoms in total. The topological polar surface area (TPSA) is 17.8 Å². The third-order valence-corrected chi connectivity index (χ3v) is 3.31. The number of fused-ring (bicyclic) bond motifs is 1. The molecule has 90 valence electrons. The molecule has 0 unspecified atom stereocenters. The van der Waals surface area contributed by atoms with E-state index in [9.17, 15) is 0 Å². The van der Waals surface area contributed by atoms with Crippen LogP contribution < -0.4 is 0 Å². The molecule has 3 rings (SSSR count). The lowest BCUT2D eigenvalue weighted by atomic mass is 10.1. The quantitative estimate of drug-likeness (QED) is 0.678. The van der Waals surface area contributed by atoms with Crippen LogP contribution in [0.2, 0.25) is 0 Å². The van der Waals surface area contributed by atoms with Crippen molar-refractivity contribution in [3.05, 3.63) is 66.0 Å². The van der Waals surface area contributed by atoms with Gasteiger partial charge in [0.05, 0.1) is 17.4 Å². The highest BCUT2D eigenvalue weighted by Crippen LogP contribution is 2.14. The van der Waals surface area contributed by atoms with Gasteiger partial charge in [-0.25, -0.2) is 4.98 Å². The Kier molecular flexibility index (Phi) is 2.85. The number of rotatable bonds is 3. The summed E-state index contributed by atoms with van der Waals surface area (Å²) in [6.07, 6.45) is 3.01. The highest BCUT2D eigenvalue weighted by Gasteiger charge is 2.02. The maximum absolute atomic E-state index is 4.41. The monoisotopic (exact) mass is 236 g/mol. The maximum atomic E-state index is 4.41. The summed E-state index contributed by atoms with van der Waals surface area (Å²) in [6, 6.07) is 17.1. The predicted molar refractivity (Wildman–Crippen MR) is 74.7 cm³/mol. The molecule has 0 saturated heterocycles. The number of para-hydroxylation sites is 2. The van der Waals surface area contributed by atoms with Gasteiger partial charge in [-0.3, -0.25) is 0 Å². The molecule has 0 aliphatic rings. The number of hydrogen-bond donors (Lipinski definition) is 0. The zero-order valence-corrected chi connectivity index (χ0v) is 10.5. The molecule has 3 aromatic rings. The molecule has 0 spiro atoms. The molecule has 0 atom stereocenters. The van der Waals surface area contributed by atoms with E-state index >= 15 is 0 Å². The standard InChI is InChI=1S/C16H16N2/c1-2-13-7-9-14(10-8-13)11-18-12-17-15-5-3-4-6-16(15)18/h3-10,12H,2,11H2,1H3. The SMILES string of the molecule is CCc1ccc(Cn2cnc3ccccc32)cc1. The first kappa shape index (κ1) is 11.0. The first-order valence-electron chi connectivity index (χ1n) is 6.34. The summed E-state index contributed by atoms with van der Waals surface area (Å²) in [7, 11) is 0. The van der Waals surface area contributed by atoms with Gasteiger partial charge in [0, 0.05) is 6.54 Å². The van der Waals surface area contributed by atoms with Crippen LogP contribution >= 0.6 is 0 Å². The lowest BCUT2D eigenvalue weighted by molar-refractivity contribution is 0.823. The molecule has 0 radical (unpaired) electrons.